The topological polar surface area (TPSA) is 172 Å². The number of phosphoric acid groups is 1. The Bertz CT molecular complexity index is 1100. The number of nitrogens with two attached hydrogens (primary N) is 1. The van der Waals surface area contributed by atoms with Gasteiger partial charge in [0.2, 0.25) is 0 Å². The fraction of sp³-hybridized carbons (Fsp3) is 0.795. The van der Waals surface area contributed by atoms with E-state index in [4.69, 9.17) is 24.8 Å². The normalized spacial score (nSPS) is 14.1. The number of ether oxygens (including phenoxy) is 2. The second kappa shape index (κ2) is 39.5. The molecule has 56 heavy (non-hydrogen) atoms. The lowest BCUT2D eigenvalue weighted by Gasteiger charge is -2.20. The van der Waals surface area contributed by atoms with Crippen molar-refractivity contribution < 1.29 is 47.5 Å². The first-order chi connectivity index (χ1) is 27.1. The van der Waals surface area contributed by atoms with Crippen LogP contribution in [0.2, 0.25) is 0 Å². The molecule has 0 spiro atoms. The second-order valence-electron chi connectivity index (χ2n) is 14.8. The molecule has 1 unspecified atom stereocenters. The number of esters is 2. The van der Waals surface area contributed by atoms with Crippen molar-refractivity contribution in [3.8, 4) is 0 Å². The zero-order chi connectivity index (χ0) is 41.4. The SMILES string of the molecule is CCCCCC/C=C/CCCCCCCCCC(=O)O[C@H](COC(=O)CCC/C=C/C/C=C/CCCCCCCCCCC)COP(=O)(O)OC[C@H](N)C(=O)O. The van der Waals surface area contributed by atoms with Gasteiger partial charge in [-0.1, -0.05) is 153 Å². The molecule has 0 bridgehead atoms. The molecule has 4 N–H and O–H groups in total. The quantitative estimate of drug-likeness (QED) is 0.0232. The Morgan fingerprint density at radius 2 is 0.964 bits per heavy atom. The van der Waals surface area contributed by atoms with E-state index in [1.54, 1.807) is 0 Å². The van der Waals surface area contributed by atoms with Gasteiger partial charge in [-0.15, -0.1) is 0 Å². The fourth-order valence-corrected chi connectivity index (χ4v) is 6.64. The molecule has 0 rings (SSSR count). The van der Waals surface area contributed by atoms with Crippen LogP contribution in [0.1, 0.15) is 194 Å². The summed E-state index contributed by atoms with van der Waals surface area (Å²) in [6.45, 7) is 2.75. The van der Waals surface area contributed by atoms with Crippen LogP contribution in [0.3, 0.4) is 0 Å². The number of carbonyl (C=O) groups is 3. The highest BCUT2D eigenvalue weighted by atomic mass is 31.2. The Hall–Kier alpha value is -2.30. The highest BCUT2D eigenvalue weighted by Crippen LogP contribution is 2.43. The van der Waals surface area contributed by atoms with Gasteiger partial charge < -0.3 is 25.2 Å². The van der Waals surface area contributed by atoms with E-state index in [0.29, 0.717) is 19.3 Å². The van der Waals surface area contributed by atoms with E-state index in [9.17, 15) is 23.8 Å². The predicted molar refractivity (Wildman–Crippen MR) is 226 cm³/mol. The number of unbranched alkanes of at least 4 members (excludes halogenated alkanes) is 21. The number of allylic oxidation sites excluding steroid dienone is 6. The molecule has 0 saturated carbocycles. The van der Waals surface area contributed by atoms with Crippen molar-refractivity contribution in [1.29, 1.82) is 0 Å². The maximum Gasteiger partial charge on any atom is 0.472 e. The summed E-state index contributed by atoms with van der Waals surface area (Å²) < 4.78 is 32.6. The van der Waals surface area contributed by atoms with Crippen LogP contribution < -0.4 is 5.73 Å². The van der Waals surface area contributed by atoms with Gasteiger partial charge in [0.25, 0.3) is 0 Å². The summed E-state index contributed by atoms with van der Waals surface area (Å²) in [5, 5.41) is 8.88. The van der Waals surface area contributed by atoms with Crippen molar-refractivity contribution >= 4 is 25.7 Å². The van der Waals surface area contributed by atoms with Crippen molar-refractivity contribution in [3.63, 3.8) is 0 Å². The zero-order valence-corrected chi connectivity index (χ0v) is 36.1. The smallest absolute Gasteiger partial charge is 0.472 e. The Morgan fingerprint density at radius 3 is 1.48 bits per heavy atom. The fourth-order valence-electron chi connectivity index (χ4n) is 5.86. The van der Waals surface area contributed by atoms with Gasteiger partial charge in [-0.25, -0.2) is 4.57 Å². The van der Waals surface area contributed by atoms with Crippen LogP contribution in [-0.4, -0.2) is 59.9 Å². The van der Waals surface area contributed by atoms with Crippen LogP contribution in [0.4, 0.5) is 0 Å². The number of aliphatic carboxylic acids is 1. The van der Waals surface area contributed by atoms with Crippen LogP contribution in [0.5, 0.6) is 0 Å². The molecule has 0 aliphatic heterocycles. The molecule has 0 aliphatic rings. The summed E-state index contributed by atoms with van der Waals surface area (Å²) in [4.78, 5) is 45.9. The van der Waals surface area contributed by atoms with Crippen LogP contribution in [0, 0.1) is 0 Å². The van der Waals surface area contributed by atoms with E-state index < -0.39 is 51.1 Å². The van der Waals surface area contributed by atoms with E-state index in [-0.39, 0.29) is 19.4 Å². The maximum atomic E-state index is 12.6. The standard InChI is InChI=1S/C44H80NO10P/c1-3-5-7-9-11-13-15-17-19-20-22-23-25-27-29-31-33-35-42(46)52-37-40(38-53-56(50,51)54-39-41(45)44(48)49)55-43(47)36-34-32-30-28-26-24-21-18-16-14-12-10-8-6-4-2/h14,16,22-23,27,29,40-41H,3-13,15,17-21,24-26,28,30-39,45H2,1-2H3,(H,48,49)(H,50,51)/b16-14+,23-22+,29-27+/t40-,41+/m1/s1. The van der Waals surface area contributed by atoms with Gasteiger partial charge in [-0.3, -0.25) is 23.4 Å². The highest BCUT2D eigenvalue weighted by Gasteiger charge is 2.28. The summed E-state index contributed by atoms with van der Waals surface area (Å²) in [5.41, 5.74) is 5.33. The van der Waals surface area contributed by atoms with E-state index >= 15 is 0 Å². The van der Waals surface area contributed by atoms with Crippen molar-refractivity contribution in [3.05, 3.63) is 36.5 Å². The van der Waals surface area contributed by atoms with Gasteiger partial charge in [0.05, 0.1) is 13.2 Å². The van der Waals surface area contributed by atoms with Gasteiger partial charge in [-0.05, 0) is 64.2 Å². The lowest BCUT2D eigenvalue weighted by Crippen LogP contribution is -2.34. The lowest BCUT2D eigenvalue weighted by atomic mass is 10.1. The third kappa shape index (κ3) is 38.6. The second-order valence-corrected chi connectivity index (χ2v) is 16.3. The maximum absolute atomic E-state index is 12.6. The summed E-state index contributed by atoms with van der Waals surface area (Å²) in [7, 11) is -4.72. The van der Waals surface area contributed by atoms with E-state index in [0.717, 1.165) is 44.9 Å². The molecule has 326 valence electrons. The van der Waals surface area contributed by atoms with Crippen molar-refractivity contribution in [2.24, 2.45) is 5.73 Å². The predicted octanol–water partition coefficient (Wildman–Crippen LogP) is 11.6. The molecule has 11 nitrogen and oxygen atoms in total. The molecule has 0 amide bonds. The van der Waals surface area contributed by atoms with Crippen LogP contribution in [-0.2, 0) is 37.5 Å². The molecular weight excluding hydrogens is 733 g/mol. The number of carboxylic acid groups (broad SMARTS) is 1. The van der Waals surface area contributed by atoms with Crippen molar-refractivity contribution in [2.75, 3.05) is 19.8 Å². The van der Waals surface area contributed by atoms with Crippen LogP contribution >= 0.6 is 7.82 Å². The molecule has 0 aromatic carbocycles. The molecule has 0 saturated heterocycles. The number of phosphoric ester groups is 1. The first-order valence-electron chi connectivity index (χ1n) is 22.0. The highest BCUT2D eigenvalue weighted by molar-refractivity contribution is 7.47. The Morgan fingerprint density at radius 1 is 0.554 bits per heavy atom. The van der Waals surface area contributed by atoms with Gasteiger partial charge in [0, 0.05) is 12.8 Å². The first kappa shape index (κ1) is 53.7. The van der Waals surface area contributed by atoms with Crippen molar-refractivity contribution in [1.82, 2.24) is 0 Å². The molecule has 0 fully saturated rings. The molecule has 12 heteroatoms. The average molecular weight is 814 g/mol. The van der Waals surface area contributed by atoms with E-state index in [1.807, 2.05) is 6.08 Å². The minimum absolute atomic E-state index is 0.148. The Labute approximate surface area is 340 Å². The number of carboxylic acids is 1. The molecule has 0 radical (unpaired) electrons. The third-order valence-corrected chi connectivity index (χ3v) is 10.3. The first-order valence-corrected chi connectivity index (χ1v) is 23.5. The van der Waals surface area contributed by atoms with Gasteiger partial charge in [0.15, 0.2) is 6.10 Å². The molecule has 0 heterocycles. The van der Waals surface area contributed by atoms with Crippen LogP contribution in [0.25, 0.3) is 0 Å². The molecule has 0 aromatic rings. The lowest BCUT2D eigenvalue weighted by molar-refractivity contribution is -0.161. The average Bonchev–Trinajstić information content (AvgIpc) is 3.17. The van der Waals surface area contributed by atoms with Crippen LogP contribution in [0.15, 0.2) is 36.5 Å². The number of carbonyl (C=O) groups excluding carboxylic acids is 2. The summed E-state index contributed by atoms with van der Waals surface area (Å²) in [6, 6.07) is -1.53. The van der Waals surface area contributed by atoms with Crippen molar-refractivity contribution in [2.45, 2.75) is 206 Å². The molecule has 0 aromatic heterocycles. The molecular formula is C44H80NO10P. The minimum Gasteiger partial charge on any atom is -0.480 e. The third-order valence-electron chi connectivity index (χ3n) is 9.36. The minimum atomic E-state index is -4.72. The zero-order valence-electron chi connectivity index (χ0n) is 35.2. The van der Waals surface area contributed by atoms with Gasteiger partial charge >= 0.3 is 25.7 Å². The Kier molecular flexibility index (Phi) is 37.9. The number of hydrogen-bond acceptors (Lipinski definition) is 9. The summed E-state index contributed by atoms with van der Waals surface area (Å²) in [5.74, 6) is -2.44. The van der Waals surface area contributed by atoms with Gasteiger partial charge in [0.1, 0.15) is 12.6 Å². The summed E-state index contributed by atoms with van der Waals surface area (Å²) >= 11 is 0. The van der Waals surface area contributed by atoms with Gasteiger partial charge in [-0.2, -0.15) is 0 Å². The summed E-state index contributed by atoms with van der Waals surface area (Å²) in [6.07, 6.45) is 42.1. The number of hydrogen-bond donors (Lipinski definition) is 3. The van der Waals surface area contributed by atoms with E-state index in [2.05, 4.69) is 48.8 Å². The van der Waals surface area contributed by atoms with E-state index in [1.165, 1.54) is 103 Å². The Balaban J connectivity index is 4.42. The largest absolute Gasteiger partial charge is 0.480 e. The molecule has 0 aliphatic carbocycles. The number of rotatable bonds is 41. The monoisotopic (exact) mass is 814 g/mol. The molecule has 3 atom stereocenters.